The Bertz CT molecular complexity index is 874. The number of Topliss-reactive ketones (excluding diaryl/α,β-unsaturated/α-hetero) is 1. The Labute approximate surface area is 151 Å². The number of ketones is 1. The summed E-state index contributed by atoms with van der Waals surface area (Å²) in [5.74, 6) is -1.22. The molecule has 0 aliphatic heterocycles. The van der Waals surface area contributed by atoms with Crippen LogP contribution in [0.4, 0.5) is 0 Å². The molecule has 0 unspecified atom stereocenters. The molecule has 2 aromatic rings. The third-order valence-electron chi connectivity index (χ3n) is 3.84. The highest BCUT2D eigenvalue weighted by Crippen LogP contribution is 2.22. The first-order valence-electron chi connectivity index (χ1n) is 7.60. The minimum absolute atomic E-state index is 0.0523. The number of benzene rings is 2. The molecule has 132 valence electrons. The SMILES string of the molecule is Cc1ccc(C(=O)CC[C@@H](C(N)=O)S(=O)(=O)c2ccc(Cl)cc2)cc1. The van der Waals surface area contributed by atoms with Crippen molar-refractivity contribution in [3.05, 3.63) is 64.7 Å². The second-order valence-corrected chi connectivity index (χ2v) is 8.28. The van der Waals surface area contributed by atoms with Gasteiger partial charge in [-0.25, -0.2) is 8.42 Å². The Morgan fingerprint density at radius 2 is 1.60 bits per heavy atom. The van der Waals surface area contributed by atoms with Gasteiger partial charge < -0.3 is 5.73 Å². The molecule has 1 atom stereocenters. The summed E-state index contributed by atoms with van der Waals surface area (Å²) in [6.07, 6.45) is -0.267. The van der Waals surface area contributed by atoms with Gasteiger partial charge in [-0.15, -0.1) is 0 Å². The molecule has 2 N–H and O–H groups in total. The Balaban J connectivity index is 2.18. The number of hydrogen-bond acceptors (Lipinski definition) is 4. The number of hydrogen-bond donors (Lipinski definition) is 1. The quantitative estimate of drug-likeness (QED) is 0.748. The van der Waals surface area contributed by atoms with E-state index in [0.29, 0.717) is 10.6 Å². The van der Waals surface area contributed by atoms with E-state index in [2.05, 4.69) is 0 Å². The van der Waals surface area contributed by atoms with E-state index in [1.54, 1.807) is 24.3 Å². The van der Waals surface area contributed by atoms with Crippen LogP contribution in [0.3, 0.4) is 0 Å². The van der Waals surface area contributed by atoms with Crippen molar-refractivity contribution in [1.82, 2.24) is 0 Å². The summed E-state index contributed by atoms with van der Waals surface area (Å²) in [4.78, 5) is 23.9. The number of primary amides is 1. The molecule has 0 saturated heterocycles. The van der Waals surface area contributed by atoms with Crippen LogP contribution in [0.1, 0.15) is 28.8 Å². The van der Waals surface area contributed by atoms with E-state index in [0.717, 1.165) is 5.56 Å². The lowest BCUT2D eigenvalue weighted by Crippen LogP contribution is -2.36. The van der Waals surface area contributed by atoms with E-state index >= 15 is 0 Å². The molecule has 25 heavy (non-hydrogen) atoms. The Morgan fingerprint density at radius 1 is 1.04 bits per heavy atom. The molecule has 1 amide bonds. The van der Waals surface area contributed by atoms with Gasteiger partial charge in [-0.2, -0.15) is 0 Å². The second-order valence-electron chi connectivity index (χ2n) is 5.72. The van der Waals surface area contributed by atoms with Crippen LogP contribution >= 0.6 is 11.6 Å². The van der Waals surface area contributed by atoms with Crippen molar-refractivity contribution in [2.24, 2.45) is 5.73 Å². The zero-order chi connectivity index (χ0) is 18.6. The maximum Gasteiger partial charge on any atom is 0.236 e. The van der Waals surface area contributed by atoms with Crippen molar-refractivity contribution in [3.8, 4) is 0 Å². The van der Waals surface area contributed by atoms with Gasteiger partial charge in [0.15, 0.2) is 15.6 Å². The molecule has 0 aromatic heterocycles. The van der Waals surface area contributed by atoms with E-state index in [4.69, 9.17) is 17.3 Å². The Hall–Kier alpha value is -2.18. The smallest absolute Gasteiger partial charge is 0.236 e. The maximum atomic E-state index is 12.6. The first kappa shape index (κ1) is 19.1. The van der Waals surface area contributed by atoms with Crippen molar-refractivity contribution < 1.29 is 18.0 Å². The summed E-state index contributed by atoms with van der Waals surface area (Å²) >= 11 is 5.75. The van der Waals surface area contributed by atoms with Crippen molar-refractivity contribution in [1.29, 1.82) is 0 Å². The Kier molecular flexibility index (Phi) is 5.98. The molecule has 0 heterocycles. The fourth-order valence-corrected chi connectivity index (χ4v) is 4.09. The number of rotatable bonds is 7. The number of halogens is 1. The van der Waals surface area contributed by atoms with Crippen LogP contribution in [0.15, 0.2) is 53.4 Å². The van der Waals surface area contributed by atoms with Gasteiger partial charge in [-0.05, 0) is 37.6 Å². The van der Waals surface area contributed by atoms with E-state index < -0.39 is 21.0 Å². The third-order valence-corrected chi connectivity index (χ3v) is 6.24. The average molecular weight is 380 g/mol. The lowest BCUT2D eigenvalue weighted by atomic mass is 10.0. The van der Waals surface area contributed by atoms with Gasteiger partial charge in [-0.1, -0.05) is 41.4 Å². The predicted molar refractivity (Wildman–Crippen MR) is 96.4 cm³/mol. The van der Waals surface area contributed by atoms with Gasteiger partial charge >= 0.3 is 0 Å². The van der Waals surface area contributed by atoms with Crippen LogP contribution in [-0.2, 0) is 14.6 Å². The Morgan fingerprint density at radius 3 is 2.12 bits per heavy atom. The molecule has 0 aliphatic carbocycles. The lowest BCUT2D eigenvalue weighted by molar-refractivity contribution is -0.117. The molecule has 5 nitrogen and oxygen atoms in total. The van der Waals surface area contributed by atoms with Gasteiger partial charge in [0.2, 0.25) is 5.91 Å². The third kappa shape index (κ3) is 4.67. The molecule has 0 radical (unpaired) electrons. The highest BCUT2D eigenvalue weighted by atomic mass is 35.5. The molecule has 0 bridgehead atoms. The van der Waals surface area contributed by atoms with Crippen LogP contribution in [0.2, 0.25) is 5.02 Å². The van der Waals surface area contributed by atoms with E-state index in [1.165, 1.54) is 24.3 Å². The summed E-state index contributed by atoms with van der Waals surface area (Å²) in [6.45, 7) is 1.90. The van der Waals surface area contributed by atoms with Crippen molar-refractivity contribution >= 4 is 33.1 Å². The molecule has 0 aliphatic rings. The molecule has 0 fully saturated rings. The maximum absolute atomic E-state index is 12.6. The number of nitrogens with two attached hydrogens (primary N) is 1. The zero-order valence-electron chi connectivity index (χ0n) is 13.6. The van der Waals surface area contributed by atoms with Gasteiger partial charge in [-0.3, -0.25) is 9.59 Å². The van der Waals surface area contributed by atoms with E-state index in [9.17, 15) is 18.0 Å². The first-order valence-corrected chi connectivity index (χ1v) is 9.53. The summed E-state index contributed by atoms with van der Waals surface area (Å²) in [5.41, 5.74) is 6.76. The van der Waals surface area contributed by atoms with Gasteiger partial charge in [0.1, 0.15) is 5.25 Å². The van der Waals surface area contributed by atoms with Gasteiger partial charge in [0.05, 0.1) is 4.90 Å². The lowest BCUT2D eigenvalue weighted by Gasteiger charge is -2.14. The van der Waals surface area contributed by atoms with E-state index in [-0.39, 0.29) is 23.5 Å². The molecule has 7 heteroatoms. The van der Waals surface area contributed by atoms with Gasteiger partial charge in [0.25, 0.3) is 0 Å². The molecular weight excluding hydrogens is 362 g/mol. The van der Waals surface area contributed by atoms with Crippen molar-refractivity contribution in [2.75, 3.05) is 0 Å². The monoisotopic (exact) mass is 379 g/mol. The fourth-order valence-electron chi connectivity index (χ4n) is 2.38. The summed E-state index contributed by atoms with van der Waals surface area (Å²) in [7, 11) is -3.99. The molecule has 2 rings (SSSR count). The van der Waals surface area contributed by atoms with Crippen molar-refractivity contribution in [2.45, 2.75) is 29.9 Å². The summed E-state index contributed by atoms with van der Waals surface area (Å²) in [5, 5.41) is -1.09. The number of amides is 1. The number of carbonyl (C=O) groups excluding carboxylic acids is 2. The number of sulfone groups is 1. The molecule has 0 saturated carbocycles. The van der Waals surface area contributed by atoms with Crippen LogP contribution in [0.25, 0.3) is 0 Å². The van der Waals surface area contributed by atoms with E-state index in [1.807, 2.05) is 6.92 Å². The van der Waals surface area contributed by atoms with Crippen LogP contribution in [0.5, 0.6) is 0 Å². The fraction of sp³-hybridized carbons (Fsp3) is 0.222. The summed E-state index contributed by atoms with van der Waals surface area (Å²) in [6, 6.07) is 12.4. The average Bonchev–Trinajstić information content (AvgIpc) is 2.55. The highest BCUT2D eigenvalue weighted by Gasteiger charge is 2.32. The number of aryl methyl sites for hydroxylation is 1. The first-order chi connectivity index (χ1) is 11.7. The van der Waals surface area contributed by atoms with Crippen LogP contribution < -0.4 is 5.73 Å². The topological polar surface area (TPSA) is 94.3 Å². The van der Waals surface area contributed by atoms with Gasteiger partial charge in [0, 0.05) is 17.0 Å². The van der Waals surface area contributed by atoms with Crippen LogP contribution in [0, 0.1) is 6.92 Å². The molecule has 2 aromatic carbocycles. The molecule has 0 spiro atoms. The van der Waals surface area contributed by atoms with Crippen LogP contribution in [-0.4, -0.2) is 25.4 Å². The standard InChI is InChI=1S/C18H18ClNO4S/c1-12-2-4-13(5-3-12)16(21)10-11-17(18(20)22)25(23,24)15-8-6-14(19)7-9-15/h2-9,17H,10-11H2,1H3,(H2,20,22)/t17-/m0/s1. The molecular formula is C18H18ClNO4S. The van der Waals surface area contributed by atoms with Crippen molar-refractivity contribution in [3.63, 3.8) is 0 Å². The normalized spacial score (nSPS) is 12.6. The highest BCUT2D eigenvalue weighted by molar-refractivity contribution is 7.92. The summed E-state index contributed by atoms with van der Waals surface area (Å²) < 4.78 is 25.2. The number of carbonyl (C=O) groups is 2. The zero-order valence-corrected chi connectivity index (χ0v) is 15.2. The predicted octanol–water partition coefficient (Wildman–Crippen LogP) is 2.94. The largest absolute Gasteiger partial charge is 0.369 e. The minimum Gasteiger partial charge on any atom is -0.369 e. The minimum atomic E-state index is -3.99. The second kappa shape index (κ2) is 7.80.